The highest BCUT2D eigenvalue weighted by molar-refractivity contribution is 7.89. The van der Waals surface area contributed by atoms with Gasteiger partial charge in [0.05, 0.1) is 4.90 Å². The molecule has 5 nitrogen and oxygen atoms in total. The molecule has 6 heteroatoms. The fourth-order valence-corrected chi connectivity index (χ4v) is 4.35. The molecule has 1 aromatic rings. The van der Waals surface area contributed by atoms with E-state index >= 15 is 0 Å². The van der Waals surface area contributed by atoms with Crippen LogP contribution in [0.4, 0.5) is 0 Å². The molecule has 2 fully saturated rings. The van der Waals surface area contributed by atoms with Gasteiger partial charge in [0.1, 0.15) is 0 Å². The minimum Gasteiger partial charge on any atom is -0.355 e. The normalized spacial score (nSPS) is 24.0. The summed E-state index contributed by atoms with van der Waals surface area (Å²) in [7, 11) is -3.34. The molecule has 2 aliphatic rings. The first-order chi connectivity index (χ1) is 9.57. The molecule has 1 unspecified atom stereocenters. The second-order valence-corrected chi connectivity index (χ2v) is 7.32. The number of carbonyl (C=O) groups is 1. The van der Waals surface area contributed by atoms with Crippen molar-refractivity contribution in [1.82, 2.24) is 9.62 Å². The van der Waals surface area contributed by atoms with Crippen LogP contribution >= 0.6 is 0 Å². The minimum atomic E-state index is -3.34. The molecule has 2 aliphatic heterocycles. The maximum absolute atomic E-state index is 12.4. The van der Waals surface area contributed by atoms with Gasteiger partial charge in [0, 0.05) is 32.0 Å². The molecule has 3 rings (SSSR count). The number of amides is 1. The summed E-state index contributed by atoms with van der Waals surface area (Å²) in [5.74, 6) is 0.217. The maximum atomic E-state index is 12.4. The second kappa shape index (κ2) is 5.18. The van der Waals surface area contributed by atoms with Crippen molar-refractivity contribution in [3.05, 3.63) is 29.8 Å². The molecule has 0 spiro atoms. The summed E-state index contributed by atoms with van der Waals surface area (Å²) >= 11 is 0. The number of benzene rings is 1. The van der Waals surface area contributed by atoms with Crippen molar-refractivity contribution in [2.75, 3.05) is 19.6 Å². The van der Waals surface area contributed by atoms with E-state index in [-0.39, 0.29) is 11.8 Å². The molecule has 108 valence electrons. The Bertz CT molecular complexity index is 604. The molecule has 2 saturated heterocycles. The molecule has 1 amide bonds. The smallest absolute Gasteiger partial charge is 0.243 e. The number of nitrogens with zero attached hydrogens (tertiary/aromatic N) is 1. The lowest BCUT2D eigenvalue weighted by Gasteiger charge is -2.16. The lowest BCUT2D eigenvalue weighted by Crippen LogP contribution is -2.27. The van der Waals surface area contributed by atoms with Gasteiger partial charge >= 0.3 is 0 Å². The van der Waals surface area contributed by atoms with Gasteiger partial charge in [-0.05, 0) is 30.5 Å². The fourth-order valence-electron chi connectivity index (χ4n) is 2.83. The Balaban J connectivity index is 1.80. The van der Waals surface area contributed by atoms with Gasteiger partial charge in [-0.1, -0.05) is 12.1 Å². The fraction of sp³-hybridized carbons (Fsp3) is 0.500. The van der Waals surface area contributed by atoms with Crippen LogP contribution in [0.25, 0.3) is 0 Å². The zero-order valence-corrected chi connectivity index (χ0v) is 12.0. The van der Waals surface area contributed by atoms with Crippen LogP contribution in [0.15, 0.2) is 29.2 Å². The summed E-state index contributed by atoms with van der Waals surface area (Å²) in [6.07, 6.45) is 2.36. The van der Waals surface area contributed by atoms with Crippen LogP contribution in [0.5, 0.6) is 0 Å². The molecule has 20 heavy (non-hydrogen) atoms. The van der Waals surface area contributed by atoms with E-state index in [1.807, 2.05) is 12.1 Å². The summed E-state index contributed by atoms with van der Waals surface area (Å²) in [5.41, 5.74) is 1.02. The number of nitrogens with one attached hydrogen (secondary N) is 1. The predicted molar refractivity (Wildman–Crippen MR) is 74.8 cm³/mol. The van der Waals surface area contributed by atoms with E-state index in [1.165, 1.54) is 0 Å². The van der Waals surface area contributed by atoms with Crippen molar-refractivity contribution in [1.29, 1.82) is 0 Å². The van der Waals surface area contributed by atoms with Crippen LogP contribution in [-0.2, 0) is 14.8 Å². The van der Waals surface area contributed by atoms with E-state index < -0.39 is 10.0 Å². The van der Waals surface area contributed by atoms with Gasteiger partial charge in [-0.25, -0.2) is 8.42 Å². The topological polar surface area (TPSA) is 66.5 Å². The van der Waals surface area contributed by atoms with Gasteiger partial charge in [-0.15, -0.1) is 0 Å². The lowest BCUT2D eigenvalue weighted by molar-refractivity contribution is -0.119. The maximum Gasteiger partial charge on any atom is 0.243 e. The molecule has 0 saturated carbocycles. The Hall–Kier alpha value is -1.40. The van der Waals surface area contributed by atoms with Gasteiger partial charge in [0.2, 0.25) is 15.9 Å². The quantitative estimate of drug-likeness (QED) is 0.907. The van der Waals surface area contributed by atoms with Crippen LogP contribution in [-0.4, -0.2) is 38.3 Å². The second-order valence-electron chi connectivity index (χ2n) is 5.39. The SMILES string of the molecule is O=C1CC(c2ccc(S(=O)(=O)N3CCCC3)cc2)CN1. The van der Waals surface area contributed by atoms with Crippen molar-refractivity contribution in [2.24, 2.45) is 0 Å². The van der Waals surface area contributed by atoms with Crippen LogP contribution in [0, 0.1) is 0 Å². The van der Waals surface area contributed by atoms with Gasteiger partial charge in [0.25, 0.3) is 0 Å². The van der Waals surface area contributed by atoms with E-state index in [1.54, 1.807) is 16.4 Å². The predicted octanol–water partition coefficient (Wildman–Crippen LogP) is 1.07. The first-order valence-electron chi connectivity index (χ1n) is 6.94. The highest BCUT2D eigenvalue weighted by Gasteiger charge is 2.28. The van der Waals surface area contributed by atoms with Gasteiger partial charge in [0.15, 0.2) is 0 Å². The third-order valence-corrected chi connectivity index (χ3v) is 5.94. The highest BCUT2D eigenvalue weighted by atomic mass is 32.2. The van der Waals surface area contributed by atoms with Crippen molar-refractivity contribution in [3.8, 4) is 0 Å². The molecule has 0 aliphatic carbocycles. The van der Waals surface area contributed by atoms with Crippen LogP contribution in [0.1, 0.15) is 30.7 Å². The molecule has 2 heterocycles. The molecule has 1 aromatic carbocycles. The first-order valence-corrected chi connectivity index (χ1v) is 8.38. The zero-order chi connectivity index (χ0) is 14.2. The number of rotatable bonds is 3. The van der Waals surface area contributed by atoms with Crippen molar-refractivity contribution in [2.45, 2.75) is 30.1 Å². The average molecular weight is 294 g/mol. The molecule has 0 bridgehead atoms. The monoisotopic (exact) mass is 294 g/mol. The van der Waals surface area contributed by atoms with Crippen LogP contribution in [0.3, 0.4) is 0 Å². The third kappa shape index (κ3) is 2.45. The Labute approximate surface area is 119 Å². The van der Waals surface area contributed by atoms with Crippen molar-refractivity contribution < 1.29 is 13.2 Å². The van der Waals surface area contributed by atoms with Gasteiger partial charge < -0.3 is 5.32 Å². The summed E-state index contributed by atoms with van der Waals surface area (Å²) in [6, 6.07) is 6.97. The molecule has 1 N–H and O–H groups in total. The van der Waals surface area contributed by atoms with Crippen LogP contribution < -0.4 is 5.32 Å². The summed E-state index contributed by atoms with van der Waals surface area (Å²) < 4.78 is 26.3. The van der Waals surface area contributed by atoms with Crippen LogP contribution in [0.2, 0.25) is 0 Å². The molecular weight excluding hydrogens is 276 g/mol. The van der Waals surface area contributed by atoms with Crippen molar-refractivity contribution in [3.63, 3.8) is 0 Å². The zero-order valence-electron chi connectivity index (χ0n) is 11.2. The standard InChI is InChI=1S/C14H18N2O3S/c17-14-9-12(10-15-14)11-3-5-13(6-4-11)20(18,19)16-7-1-2-8-16/h3-6,12H,1-2,7-10H2,(H,15,17). The number of hydrogen-bond donors (Lipinski definition) is 1. The van der Waals surface area contributed by atoms with E-state index in [9.17, 15) is 13.2 Å². The summed E-state index contributed by atoms with van der Waals surface area (Å²) in [5, 5.41) is 2.79. The molecule has 0 radical (unpaired) electrons. The third-order valence-electron chi connectivity index (χ3n) is 4.03. The summed E-state index contributed by atoms with van der Waals surface area (Å²) in [6.45, 7) is 1.87. The lowest BCUT2D eigenvalue weighted by atomic mass is 9.99. The first kappa shape index (κ1) is 13.6. The number of hydrogen-bond acceptors (Lipinski definition) is 3. The van der Waals surface area contributed by atoms with Crippen molar-refractivity contribution >= 4 is 15.9 Å². The Morgan fingerprint density at radius 2 is 1.75 bits per heavy atom. The highest BCUT2D eigenvalue weighted by Crippen LogP contribution is 2.26. The molecule has 1 atom stereocenters. The Morgan fingerprint density at radius 3 is 2.30 bits per heavy atom. The van der Waals surface area contributed by atoms with Gasteiger partial charge in [-0.2, -0.15) is 4.31 Å². The molecule has 0 aromatic heterocycles. The van der Waals surface area contributed by atoms with E-state index in [0.29, 0.717) is 31.0 Å². The summed E-state index contributed by atoms with van der Waals surface area (Å²) in [4.78, 5) is 11.6. The van der Waals surface area contributed by atoms with E-state index in [0.717, 1.165) is 18.4 Å². The number of carbonyl (C=O) groups excluding carboxylic acids is 1. The van der Waals surface area contributed by atoms with Gasteiger partial charge in [-0.3, -0.25) is 4.79 Å². The van der Waals surface area contributed by atoms with E-state index in [4.69, 9.17) is 0 Å². The largest absolute Gasteiger partial charge is 0.355 e. The minimum absolute atomic E-state index is 0.0590. The molecular formula is C14H18N2O3S. The van der Waals surface area contributed by atoms with E-state index in [2.05, 4.69) is 5.32 Å². The Morgan fingerprint density at radius 1 is 1.10 bits per heavy atom. The number of sulfonamides is 1. The average Bonchev–Trinajstić information content (AvgIpc) is 3.10. The Kier molecular flexibility index (Phi) is 3.52.